The second-order valence-electron chi connectivity index (χ2n) is 19.2. The Labute approximate surface area is 370 Å². The zero-order chi connectivity index (χ0) is 42.8. The summed E-state index contributed by atoms with van der Waals surface area (Å²) in [7, 11) is 13.4. The molecule has 0 aliphatic heterocycles. The molecule has 6 aromatic carbocycles. The number of rotatable bonds is 8. The van der Waals surface area contributed by atoms with Crippen LogP contribution >= 0.6 is 17.0 Å². The van der Waals surface area contributed by atoms with Crippen LogP contribution in [0.1, 0.15) is 90.5 Å². The molecule has 0 aliphatic carbocycles. The van der Waals surface area contributed by atoms with E-state index in [0.29, 0.717) is 0 Å². The number of nitrogens with zero attached hydrogens (tertiary/aromatic N) is 1. The Morgan fingerprint density at radius 1 is 0.544 bits per heavy atom. The van der Waals surface area contributed by atoms with Gasteiger partial charge in [-0.2, -0.15) is 12.1 Å². The van der Waals surface area contributed by atoms with Gasteiger partial charge in [-0.3, -0.25) is 0 Å². The molecule has 0 atom stereocenters. The molecule has 0 bridgehead atoms. The molecule has 0 saturated carbocycles. The molecule has 0 saturated heterocycles. The third kappa shape index (κ3) is 14.0. The van der Waals surface area contributed by atoms with Crippen LogP contribution in [0.2, 0.25) is 39.3 Å². The normalized spacial score (nSPS) is 11.9. The molecule has 0 aromatic heterocycles. The van der Waals surface area contributed by atoms with E-state index in [0.717, 1.165) is 12.8 Å². The van der Waals surface area contributed by atoms with Crippen molar-refractivity contribution >= 4 is 63.0 Å². The summed E-state index contributed by atoms with van der Waals surface area (Å²) in [4.78, 5) is 0. The van der Waals surface area contributed by atoms with Crippen molar-refractivity contribution in [2.45, 2.75) is 131 Å². The van der Waals surface area contributed by atoms with Crippen molar-refractivity contribution in [3.05, 3.63) is 131 Å². The molecule has 0 heterocycles. The molecule has 0 N–H and O–H groups in total. The molecule has 0 amide bonds. The van der Waals surface area contributed by atoms with Crippen LogP contribution in [0.4, 0.5) is 0 Å². The summed E-state index contributed by atoms with van der Waals surface area (Å²) in [5.41, 5.74) is 11.7. The Hall–Kier alpha value is -1.98. The topological polar surface area (TPSA) is 3.24 Å². The van der Waals surface area contributed by atoms with Crippen LogP contribution in [0.25, 0.3) is 43.8 Å². The summed E-state index contributed by atoms with van der Waals surface area (Å²) in [5, 5.41) is 5.48. The summed E-state index contributed by atoms with van der Waals surface area (Å²) in [6.45, 7) is 31.9. The molecule has 1 nitrogen and oxygen atoms in total. The van der Waals surface area contributed by atoms with Crippen LogP contribution < -0.4 is 0 Å². The van der Waals surface area contributed by atoms with Crippen LogP contribution in [-0.4, -0.2) is 28.6 Å². The van der Waals surface area contributed by atoms with Gasteiger partial charge in [-0.05, 0) is 45.9 Å². The molecule has 7 heteroatoms. The first kappa shape index (κ1) is 49.4. The van der Waals surface area contributed by atoms with E-state index >= 15 is 0 Å². The molecule has 6 rings (SSSR count). The fourth-order valence-electron chi connectivity index (χ4n) is 7.35. The number of aryl methyl sites for hydroxylation is 2. The van der Waals surface area contributed by atoms with Crippen molar-refractivity contribution in [3.8, 4) is 22.3 Å². The van der Waals surface area contributed by atoms with Crippen molar-refractivity contribution in [1.29, 1.82) is 0 Å². The van der Waals surface area contributed by atoms with E-state index in [1.54, 1.807) is 0 Å². The second-order valence-corrected chi connectivity index (χ2v) is 33.0. The third-order valence-electron chi connectivity index (χ3n) is 10.3. The van der Waals surface area contributed by atoms with E-state index in [-0.39, 0.29) is 10.8 Å². The average Bonchev–Trinajstić information content (AvgIpc) is 3.78. The molecule has 6 aromatic rings. The van der Waals surface area contributed by atoms with Gasteiger partial charge in [0, 0.05) is 0 Å². The Morgan fingerprint density at radius 3 is 1.14 bits per heavy atom. The van der Waals surface area contributed by atoms with E-state index in [4.69, 9.17) is 25.0 Å². The van der Waals surface area contributed by atoms with Gasteiger partial charge in [0.2, 0.25) is 0 Å². The van der Waals surface area contributed by atoms with Gasteiger partial charge in [-0.15, -0.1) is 69.1 Å². The predicted octanol–water partition coefficient (Wildman–Crippen LogP) is 16.4. The van der Waals surface area contributed by atoms with Crippen LogP contribution in [0.3, 0.4) is 0 Å². The summed E-state index contributed by atoms with van der Waals surface area (Å²) in [5.74, 6) is 0. The quantitative estimate of drug-likeness (QED) is 0.109. The zero-order valence-corrected chi connectivity index (χ0v) is 43.5. The Balaban J connectivity index is 0.000000236. The fraction of sp³-hybridized carbons (Fsp3) is 0.400. The van der Waals surface area contributed by atoms with Gasteiger partial charge >= 0.3 is 37.9 Å². The Bertz CT molecular complexity index is 1990. The molecule has 0 aliphatic rings. The number of hydrogen-bond acceptors (Lipinski definition) is 1. The molecule has 0 unspecified atom stereocenters. The molecular weight excluding hydrogens is 844 g/mol. The van der Waals surface area contributed by atoms with E-state index in [9.17, 15) is 0 Å². The van der Waals surface area contributed by atoms with E-state index in [1.165, 1.54) is 78.9 Å². The monoisotopic (exact) mass is 909 g/mol. The van der Waals surface area contributed by atoms with E-state index < -0.39 is 37.3 Å². The molecule has 2 radical (unpaired) electrons. The SMILES string of the molecule is CCCc1ccccc1-c1cccc2[cH-]c(C(C)(C)C)cc12.CCCc1ccccc1-c1cccc2[cH-]c(C(C)(C)C)cc12.[B]N([Si](C)(C)C)[Si](C)(C)C.[Cl][Zr+2][Cl]. The minimum atomic E-state index is -1.22. The van der Waals surface area contributed by atoms with E-state index in [2.05, 4.69) is 208 Å². The van der Waals surface area contributed by atoms with Crippen molar-refractivity contribution in [1.82, 2.24) is 4.14 Å². The second kappa shape index (κ2) is 21.5. The van der Waals surface area contributed by atoms with Gasteiger partial charge in [0.25, 0.3) is 0 Å². The fourth-order valence-corrected chi connectivity index (χ4v) is 15.4. The summed E-state index contributed by atoms with van der Waals surface area (Å²) < 4.78 is 2.15. The molecular formula is C50H68BCl2NSi2Zr. The predicted molar refractivity (Wildman–Crippen MR) is 261 cm³/mol. The van der Waals surface area contributed by atoms with Gasteiger partial charge in [0.1, 0.15) is 16.5 Å². The maximum atomic E-state index is 5.98. The first-order chi connectivity index (χ1) is 26.6. The molecule has 302 valence electrons. The van der Waals surface area contributed by atoms with Gasteiger partial charge in [-0.25, -0.2) is 0 Å². The number of fused-ring (bicyclic) bond motifs is 2. The van der Waals surface area contributed by atoms with Crippen LogP contribution in [0, 0.1) is 0 Å². The van der Waals surface area contributed by atoms with Gasteiger partial charge in [0.15, 0.2) is 7.98 Å². The summed E-state index contributed by atoms with van der Waals surface area (Å²) in [6.07, 6.45) is 4.64. The average molecular weight is 912 g/mol. The number of halogens is 2. The molecule has 57 heavy (non-hydrogen) atoms. The Kier molecular flexibility index (Phi) is 18.6. The van der Waals surface area contributed by atoms with Crippen molar-refractivity contribution < 1.29 is 20.8 Å². The van der Waals surface area contributed by atoms with Gasteiger partial charge < -0.3 is 4.14 Å². The van der Waals surface area contributed by atoms with Crippen LogP contribution in [-0.2, 0) is 44.5 Å². The maximum absolute atomic E-state index is 5.98. The van der Waals surface area contributed by atoms with Crippen LogP contribution in [0.5, 0.6) is 0 Å². The standard InChI is InChI=1S/2C22H25.C6H18BNSi2.2ClH.Zr/c2*1-5-9-16-10-6-7-12-19(16)20-13-8-11-17-14-18(15-21(17)20)22(2,3)4;1-9(2,3)8(7)10(4,5)6;;;/h2*6-8,10-15H,5,9H2,1-4H3;1-6H3;2*1H;/q2*-1;;;;+4/p-2. The summed E-state index contributed by atoms with van der Waals surface area (Å²) in [6, 6.07) is 40.5. The number of benzene rings is 4. The first-order valence-corrected chi connectivity index (χ1v) is 33.9. The van der Waals surface area contributed by atoms with E-state index in [1.807, 2.05) is 0 Å². The Morgan fingerprint density at radius 2 is 0.860 bits per heavy atom. The summed E-state index contributed by atoms with van der Waals surface area (Å²) >= 11 is -0.826. The van der Waals surface area contributed by atoms with Crippen molar-refractivity contribution in [2.24, 2.45) is 0 Å². The minimum absolute atomic E-state index is 0.194. The molecule has 0 fully saturated rings. The zero-order valence-electron chi connectivity index (χ0n) is 37.5. The van der Waals surface area contributed by atoms with Crippen molar-refractivity contribution in [2.75, 3.05) is 0 Å². The van der Waals surface area contributed by atoms with Gasteiger partial charge in [0.05, 0.1) is 0 Å². The van der Waals surface area contributed by atoms with Gasteiger partial charge in [-0.1, -0.05) is 179 Å². The third-order valence-corrected chi connectivity index (χ3v) is 17.2. The van der Waals surface area contributed by atoms with Crippen LogP contribution in [0.15, 0.2) is 109 Å². The molecule has 0 spiro atoms. The van der Waals surface area contributed by atoms with Crippen molar-refractivity contribution in [3.63, 3.8) is 0 Å². The first-order valence-electron chi connectivity index (χ1n) is 20.7. The number of hydrogen-bond donors (Lipinski definition) is 0.